The summed E-state index contributed by atoms with van der Waals surface area (Å²) in [5, 5.41) is 7.45. The molecule has 3 heteroatoms. The van der Waals surface area contributed by atoms with Crippen LogP contribution in [0, 0.1) is 24.0 Å². The molecular weight excluding hydrogens is 655 g/mol. The second-order valence-electron chi connectivity index (χ2n) is 15.6. The third-order valence-electron chi connectivity index (χ3n) is 12.4. The van der Waals surface area contributed by atoms with Crippen LogP contribution in [0.25, 0.3) is 71.3 Å². The molecule has 0 bridgehead atoms. The molecule has 0 amide bonds. The minimum absolute atomic E-state index is 0.119. The fourth-order valence-corrected chi connectivity index (χ4v) is 9.50. The molecule has 54 heavy (non-hydrogen) atoms. The predicted octanol–water partition coefficient (Wildman–Crippen LogP) is 12.7. The Balaban J connectivity index is 1.01. The highest BCUT2D eigenvalue weighted by Gasteiger charge is 2.55. The molecule has 0 N–H and O–H groups in total. The summed E-state index contributed by atoms with van der Waals surface area (Å²) in [4.78, 5) is 10.5. The molecule has 8 aromatic rings. The standard InChI is InChI=1S/C51H39N3/c1-33-13-4-2-7-18-40(33)46-31-45(35-15-5-3-6-16-35)52-50(53-46)38-27-28-51(32-39(51)30-38)54-47-22-11-10-20-44(47)49-43-25-23-36(29-37(43)24-26-48(49)54)42-21-12-17-34-14-8-9-19-41(34)42/h3,5-11,14-16,18-31,33,39-40H,2,4,13,32H2,1H3/t33?,39?,40-,51+/m0/s1. The Hall–Kier alpha value is -6.24. The maximum Gasteiger partial charge on any atom is 0.159 e. The van der Waals surface area contributed by atoms with Crippen LogP contribution in [-0.2, 0) is 5.54 Å². The molecule has 2 aromatic heterocycles. The van der Waals surface area contributed by atoms with E-state index in [0.29, 0.717) is 11.8 Å². The topological polar surface area (TPSA) is 30.7 Å². The van der Waals surface area contributed by atoms with E-state index in [2.05, 4.69) is 175 Å². The third-order valence-corrected chi connectivity index (χ3v) is 12.4. The maximum absolute atomic E-state index is 5.32. The van der Waals surface area contributed by atoms with E-state index in [1.807, 2.05) is 0 Å². The molecule has 258 valence electrons. The molecular formula is C51H39N3. The highest BCUT2D eigenvalue weighted by molar-refractivity contribution is 6.21. The minimum Gasteiger partial charge on any atom is -0.330 e. The van der Waals surface area contributed by atoms with Crippen LogP contribution in [0.1, 0.15) is 50.0 Å². The molecule has 11 rings (SSSR count). The second kappa shape index (κ2) is 12.2. The summed E-state index contributed by atoms with van der Waals surface area (Å²) in [5.41, 5.74) is 9.22. The number of rotatable bonds is 5. The first kappa shape index (κ1) is 31.3. The molecule has 0 saturated heterocycles. The van der Waals surface area contributed by atoms with Crippen molar-refractivity contribution in [3.05, 3.63) is 175 Å². The zero-order valence-electron chi connectivity index (χ0n) is 30.3. The van der Waals surface area contributed by atoms with Gasteiger partial charge in [-0.05, 0) is 95.3 Å². The molecule has 1 fully saturated rings. The summed E-state index contributed by atoms with van der Waals surface area (Å²) < 4.78 is 2.62. The first-order valence-electron chi connectivity index (χ1n) is 19.4. The Morgan fingerprint density at radius 1 is 0.778 bits per heavy atom. The van der Waals surface area contributed by atoms with Crippen LogP contribution in [0.5, 0.6) is 0 Å². The van der Waals surface area contributed by atoms with E-state index in [1.54, 1.807) is 0 Å². The Labute approximate surface area is 316 Å². The number of para-hydroxylation sites is 1. The van der Waals surface area contributed by atoms with Gasteiger partial charge in [0.25, 0.3) is 0 Å². The fourth-order valence-electron chi connectivity index (χ4n) is 9.50. The van der Waals surface area contributed by atoms with Gasteiger partial charge in [-0.25, -0.2) is 9.97 Å². The van der Waals surface area contributed by atoms with E-state index in [-0.39, 0.29) is 11.5 Å². The van der Waals surface area contributed by atoms with Crippen molar-refractivity contribution in [2.24, 2.45) is 11.8 Å². The van der Waals surface area contributed by atoms with E-state index >= 15 is 0 Å². The van der Waals surface area contributed by atoms with Gasteiger partial charge in [-0.3, -0.25) is 0 Å². The lowest BCUT2D eigenvalue weighted by Gasteiger charge is -2.23. The van der Waals surface area contributed by atoms with Gasteiger partial charge in [0.2, 0.25) is 0 Å². The summed E-state index contributed by atoms with van der Waals surface area (Å²) in [6.45, 7) is 2.37. The molecule has 6 aromatic carbocycles. The molecule has 3 nitrogen and oxygen atoms in total. The van der Waals surface area contributed by atoms with E-state index in [9.17, 15) is 0 Å². The first-order chi connectivity index (χ1) is 26.6. The van der Waals surface area contributed by atoms with Crippen LogP contribution >= 0.6 is 0 Å². The molecule has 2 unspecified atom stereocenters. The number of benzene rings is 5. The monoisotopic (exact) mass is 693 g/mol. The van der Waals surface area contributed by atoms with Crippen molar-refractivity contribution >= 4 is 48.9 Å². The Morgan fingerprint density at radius 3 is 2.54 bits per heavy atom. The van der Waals surface area contributed by atoms with Crippen molar-refractivity contribution in [1.29, 1.82) is 0 Å². The number of aromatic nitrogens is 3. The van der Waals surface area contributed by atoms with E-state index in [1.165, 1.54) is 61.9 Å². The van der Waals surface area contributed by atoms with Gasteiger partial charge in [-0.2, -0.15) is 0 Å². The van der Waals surface area contributed by atoms with Crippen LogP contribution in [-0.4, -0.2) is 14.5 Å². The predicted molar refractivity (Wildman–Crippen MR) is 223 cm³/mol. The molecule has 1 saturated carbocycles. The maximum atomic E-state index is 5.32. The molecule has 3 aliphatic rings. The average Bonchev–Trinajstić information content (AvgIpc) is 3.92. The van der Waals surface area contributed by atoms with Crippen molar-refractivity contribution < 1.29 is 0 Å². The lowest BCUT2D eigenvalue weighted by Crippen LogP contribution is -2.18. The lowest BCUT2D eigenvalue weighted by molar-refractivity contribution is 0.473. The van der Waals surface area contributed by atoms with Gasteiger partial charge in [-0.1, -0.05) is 134 Å². The van der Waals surface area contributed by atoms with Crippen molar-refractivity contribution in [1.82, 2.24) is 14.5 Å². The lowest BCUT2D eigenvalue weighted by atomic mass is 9.88. The zero-order valence-corrected chi connectivity index (χ0v) is 30.3. The highest BCUT2D eigenvalue weighted by atomic mass is 15.1. The van der Waals surface area contributed by atoms with Crippen LogP contribution < -0.4 is 0 Å². The first-order valence-corrected chi connectivity index (χ1v) is 19.4. The van der Waals surface area contributed by atoms with Gasteiger partial charge in [0.05, 0.1) is 22.4 Å². The van der Waals surface area contributed by atoms with Gasteiger partial charge in [0.15, 0.2) is 5.82 Å². The fraction of sp³-hybridized carbons (Fsp3) is 0.176. The highest BCUT2D eigenvalue weighted by Crippen LogP contribution is 2.59. The number of allylic oxidation sites excluding steroid dienone is 6. The average molecular weight is 694 g/mol. The molecule has 3 aliphatic carbocycles. The van der Waals surface area contributed by atoms with Gasteiger partial charge in [0.1, 0.15) is 0 Å². The third kappa shape index (κ3) is 4.90. The normalized spacial score (nSPS) is 21.9. The van der Waals surface area contributed by atoms with Gasteiger partial charge < -0.3 is 4.57 Å². The Morgan fingerprint density at radius 2 is 1.63 bits per heavy atom. The number of hydrogen-bond donors (Lipinski definition) is 0. The minimum atomic E-state index is -0.119. The van der Waals surface area contributed by atoms with Gasteiger partial charge >= 0.3 is 0 Å². The van der Waals surface area contributed by atoms with Crippen LogP contribution in [0.3, 0.4) is 0 Å². The van der Waals surface area contributed by atoms with Crippen molar-refractivity contribution in [2.45, 2.75) is 44.1 Å². The van der Waals surface area contributed by atoms with Gasteiger partial charge in [0, 0.05) is 44.6 Å². The smallest absolute Gasteiger partial charge is 0.159 e. The SMILES string of the molecule is CC1CCCC=C[C@@H]1c1cc(-c2ccccc2)nc(C2=CC3C[C@]3(n3c4ccccc4c4c5ccc(-c6cc#cc7ccccc67)cc5ccc43)C=C2)n1. The summed E-state index contributed by atoms with van der Waals surface area (Å²) in [6, 6.07) is 50.4. The van der Waals surface area contributed by atoms with Crippen molar-refractivity contribution in [2.75, 3.05) is 0 Å². The van der Waals surface area contributed by atoms with Crippen molar-refractivity contribution in [3.8, 4) is 22.4 Å². The molecule has 4 atom stereocenters. The molecule has 0 spiro atoms. The molecule has 0 radical (unpaired) electrons. The zero-order chi connectivity index (χ0) is 35.8. The quantitative estimate of drug-likeness (QED) is 0.168. The van der Waals surface area contributed by atoms with Gasteiger partial charge in [-0.15, -0.1) is 0 Å². The summed E-state index contributed by atoms with van der Waals surface area (Å²) in [5.74, 6) is 2.02. The van der Waals surface area contributed by atoms with E-state index in [4.69, 9.17) is 9.97 Å². The number of hydrogen-bond acceptors (Lipinski definition) is 2. The van der Waals surface area contributed by atoms with Crippen LogP contribution in [0.15, 0.2) is 152 Å². The van der Waals surface area contributed by atoms with E-state index < -0.39 is 0 Å². The Bertz CT molecular complexity index is 2870. The van der Waals surface area contributed by atoms with Crippen LogP contribution in [0.2, 0.25) is 0 Å². The number of nitrogens with zero attached hydrogens (tertiary/aromatic N) is 3. The Kier molecular flexibility index (Phi) is 7.04. The number of fused-ring (bicyclic) bond motifs is 7. The second-order valence-corrected chi connectivity index (χ2v) is 15.6. The van der Waals surface area contributed by atoms with Crippen LogP contribution in [0.4, 0.5) is 0 Å². The largest absolute Gasteiger partial charge is 0.330 e. The van der Waals surface area contributed by atoms with Crippen molar-refractivity contribution in [3.63, 3.8) is 0 Å². The van der Waals surface area contributed by atoms with E-state index in [0.717, 1.165) is 46.6 Å². The molecule has 0 aliphatic heterocycles. The summed E-state index contributed by atoms with van der Waals surface area (Å²) >= 11 is 0. The molecule has 2 heterocycles. The summed E-state index contributed by atoms with van der Waals surface area (Å²) in [7, 11) is 0. The summed E-state index contributed by atoms with van der Waals surface area (Å²) in [6.07, 6.45) is 16.6.